The van der Waals surface area contributed by atoms with Gasteiger partial charge in [-0.1, -0.05) is 12.1 Å². The number of thiophene rings is 1. The normalized spacial score (nSPS) is 9.35. The third-order valence-corrected chi connectivity index (χ3v) is 3.06. The molecule has 17 heavy (non-hydrogen) atoms. The summed E-state index contributed by atoms with van der Waals surface area (Å²) in [7, 11) is 0. The molecule has 3 heteroatoms. The number of ether oxygens (including phenoxy) is 1. The molecule has 0 spiro atoms. The van der Waals surface area contributed by atoms with E-state index in [0.29, 0.717) is 12.3 Å². The lowest BCUT2D eigenvalue weighted by molar-refractivity contribution is 0.342. The van der Waals surface area contributed by atoms with Crippen LogP contribution in [0.5, 0.6) is 5.75 Å². The maximum atomic E-state index is 5.58. The lowest BCUT2D eigenvalue weighted by Crippen LogP contribution is -1.95. The Labute approximate surface area is 107 Å². The van der Waals surface area contributed by atoms with Crippen LogP contribution in [0.3, 0.4) is 0 Å². The Morgan fingerprint density at radius 3 is 2.35 bits per heavy atom. The Morgan fingerprint density at radius 2 is 1.94 bits per heavy atom. The van der Waals surface area contributed by atoms with Crippen LogP contribution in [-0.4, -0.2) is 6.61 Å². The molecule has 0 aliphatic heterocycles. The Kier molecular flexibility index (Phi) is 5.57. The molecule has 0 atom stereocenters. The average Bonchev–Trinajstić information content (AvgIpc) is 2.67. The summed E-state index contributed by atoms with van der Waals surface area (Å²) in [6.45, 7) is 6.84. The van der Waals surface area contributed by atoms with Gasteiger partial charge in [0, 0.05) is 4.88 Å². The standard InChI is InChI=1S/C8H11NO.C6H8S/c1-2-10-8-6-4-3-5-7(8)9;1-5-3-6(2)7-4-5/h3-6H,2,9H2,1H3;3-4H,1-2H3. The maximum Gasteiger partial charge on any atom is 0.142 e. The largest absolute Gasteiger partial charge is 0.492 e. The van der Waals surface area contributed by atoms with Gasteiger partial charge >= 0.3 is 0 Å². The van der Waals surface area contributed by atoms with Gasteiger partial charge in [-0.3, -0.25) is 0 Å². The summed E-state index contributed by atoms with van der Waals surface area (Å²) < 4.78 is 5.21. The van der Waals surface area contributed by atoms with Crippen molar-refractivity contribution in [2.24, 2.45) is 0 Å². The molecule has 0 amide bonds. The Morgan fingerprint density at radius 1 is 1.24 bits per heavy atom. The van der Waals surface area contributed by atoms with Gasteiger partial charge in [-0.2, -0.15) is 0 Å². The minimum atomic E-state index is 0.661. The van der Waals surface area contributed by atoms with Crippen LogP contribution >= 0.6 is 11.3 Å². The Bertz CT molecular complexity index is 434. The third kappa shape index (κ3) is 4.91. The van der Waals surface area contributed by atoms with E-state index in [0.717, 1.165) is 5.75 Å². The second-order valence-corrected chi connectivity index (χ2v) is 4.82. The first kappa shape index (κ1) is 13.6. The molecule has 2 nitrogen and oxygen atoms in total. The number of hydrogen-bond acceptors (Lipinski definition) is 3. The molecule has 2 N–H and O–H groups in total. The Hall–Kier alpha value is -1.48. The molecule has 1 aromatic heterocycles. The van der Waals surface area contributed by atoms with E-state index in [-0.39, 0.29) is 0 Å². The molecule has 0 fully saturated rings. The van der Waals surface area contributed by atoms with Crippen molar-refractivity contribution in [3.63, 3.8) is 0 Å². The van der Waals surface area contributed by atoms with E-state index < -0.39 is 0 Å². The molecular weight excluding hydrogens is 230 g/mol. The van der Waals surface area contributed by atoms with Gasteiger partial charge in [-0.25, -0.2) is 0 Å². The van der Waals surface area contributed by atoms with Crippen LogP contribution in [0, 0.1) is 13.8 Å². The third-order valence-electron chi connectivity index (χ3n) is 2.08. The van der Waals surface area contributed by atoms with E-state index in [9.17, 15) is 0 Å². The molecule has 0 aliphatic carbocycles. The molecule has 0 saturated carbocycles. The first-order valence-corrected chi connectivity index (χ1v) is 6.50. The summed E-state index contributed by atoms with van der Waals surface area (Å²) in [6, 6.07) is 9.66. The molecule has 2 aromatic rings. The highest BCUT2D eigenvalue weighted by Crippen LogP contribution is 2.18. The zero-order chi connectivity index (χ0) is 12.7. The second-order valence-electron chi connectivity index (χ2n) is 3.71. The van der Waals surface area contributed by atoms with Crippen molar-refractivity contribution in [2.45, 2.75) is 20.8 Å². The van der Waals surface area contributed by atoms with Gasteiger partial charge in [-0.05, 0) is 49.9 Å². The van der Waals surface area contributed by atoms with Crippen LogP contribution in [0.4, 0.5) is 5.69 Å². The average molecular weight is 249 g/mol. The van der Waals surface area contributed by atoms with E-state index >= 15 is 0 Å². The van der Waals surface area contributed by atoms with E-state index in [4.69, 9.17) is 10.5 Å². The summed E-state index contributed by atoms with van der Waals surface area (Å²) in [5.74, 6) is 0.769. The van der Waals surface area contributed by atoms with Crippen molar-refractivity contribution in [1.82, 2.24) is 0 Å². The first-order valence-electron chi connectivity index (χ1n) is 5.62. The van der Waals surface area contributed by atoms with Crippen molar-refractivity contribution in [1.29, 1.82) is 0 Å². The molecule has 0 unspecified atom stereocenters. The maximum absolute atomic E-state index is 5.58. The Balaban J connectivity index is 0.000000181. The molecule has 92 valence electrons. The van der Waals surface area contributed by atoms with Gasteiger partial charge < -0.3 is 10.5 Å². The number of nitrogens with two attached hydrogens (primary N) is 1. The van der Waals surface area contributed by atoms with Gasteiger partial charge in [0.1, 0.15) is 5.75 Å². The second kappa shape index (κ2) is 6.97. The summed E-state index contributed by atoms with van der Waals surface area (Å²) in [5, 5.41) is 2.16. The monoisotopic (exact) mass is 249 g/mol. The number of para-hydroxylation sites is 2. The fourth-order valence-electron chi connectivity index (χ4n) is 1.34. The fourth-order valence-corrected chi connectivity index (χ4v) is 2.04. The van der Waals surface area contributed by atoms with Crippen LogP contribution in [0.1, 0.15) is 17.4 Å². The molecule has 0 aliphatic rings. The molecule has 0 saturated heterocycles. The molecule has 0 radical (unpaired) electrons. The van der Waals surface area contributed by atoms with Gasteiger partial charge in [-0.15, -0.1) is 11.3 Å². The van der Waals surface area contributed by atoms with E-state index in [1.165, 1.54) is 10.4 Å². The van der Waals surface area contributed by atoms with E-state index in [2.05, 4.69) is 25.3 Å². The highest BCUT2D eigenvalue weighted by atomic mass is 32.1. The van der Waals surface area contributed by atoms with E-state index in [1.807, 2.05) is 31.2 Å². The predicted octanol–water partition coefficient (Wildman–Crippen LogP) is 4.03. The fraction of sp³-hybridized carbons (Fsp3) is 0.286. The van der Waals surface area contributed by atoms with Gasteiger partial charge in [0.15, 0.2) is 0 Å². The van der Waals surface area contributed by atoms with E-state index in [1.54, 1.807) is 11.3 Å². The van der Waals surface area contributed by atoms with Crippen LogP contribution in [0.2, 0.25) is 0 Å². The summed E-state index contributed by atoms with van der Waals surface area (Å²) in [5.41, 5.74) is 7.66. The van der Waals surface area contributed by atoms with Crippen molar-refractivity contribution in [3.05, 3.63) is 46.2 Å². The van der Waals surface area contributed by atoms with Crippen molar-refractivity contribution >= 4 is 17.0 Å². The van der Waals surface area contributed by atoms with Crippen molar-refractivity contribution in [3.8, 4) is 5.75 Å². The number of benzene rings is 1. The smallest absolute Gasteiger partial charge is 0.142 e. The molecule has 1 heterocycles. The SMILES string of the molecule is CCOc1ccccc1N.Cc1csc(C)c1. The van der Waals surface area contributed by atoms with Crippen LogP contribution in [-0.2, 0) is 0 Å². The van der Waals surface area contributed by atoms with Crippen molar-refractivity contribution < 1.29 is 4.74 Å². The highest BCUT2D eigenvalue weighted by molar-refractivity contribution is 7.10. The minimum absolute atomic E-state index is 0.661. The van der Waals surface area contributed by atoms with Gasteiger partial charge in [0.2, 0.25) is 0 Å². The lowest BCUT2D eigenvalue weighted by atomic mass is 10.3. The van der Waals surface area contributed by atoms with Crippen LogP contribution in [0.25, 0.3) is 0 Å². The van der Waals surface area contributed by atoms with Crippen LogP contribution < -0.4 is 10.5 Å². The number of rotatable bonds is 2. The molecule has 1 aromatic carbocycles. The van der Waals surface area contributed by atoms with Gasteiger partial charge in [0.05, 0.1) is 12.3 Å². The summed E-state index contributed by atoms with van der Waals surface area (Å²) in [4.78, 5) is 1.40. The number of hydrogen-bond donors (Lipinski definition) is 1. The summed E-state index contributed by atoms with van der Waals surface area (Å²) in [6.07, 6.45) is 0. The molecule has 2 rings (SSSR count). The molecule has 0 bridgehead atoms. The quantitative estimate of drug-likeness (QED) is 0.815. The van der Waals surface area contributed by atoms with Gasteiger partial charge in [0.25, 0.3) is 0 Å². The summed E-state index contributed by atoms with van der Waals surface area (Å²) >= 11 is 1.80. The number of aryl methyl sites for hydroxylation is 2. The topological polar surface area (TPSA) is 35.2 Å². The lowest BCUT2D eigenvalue weighted by Gasteiger charge is -2.04. The zero-order valence-corrected chi connectivity index (χ0v) is 11.4. The number of anilines is 1. The minimum Gasteiger partial charge on any atom is -0.492 e. The predicted molar refractivity (Wildman–Crippen MR) is 75.8 cm³/mol. The molecular formula is C14H19NOS. The van der Waals surface area contributed by atoms with Crippen LogP contribution in [0.15, 0.2) is 35.7 Å². The number of nitrogen functional groups attached to an aromatic ring is 1. The zero-order valence-electron chi connectivity index (χ0n) is 10.6. The highest BCUT2D eigenvalue weighted by Gasteiger charge is 1.93. The van der Waals surface area contributed by atoms with Crippen molar-refractivity contribution in [2.75, 3.05) is 12.3 Å². The first-order chi connectivity index (χ1) is 8.13.